The number of para-hydroxylation sites is 1. The van der Waals surface area contributed by atoms with E-state index in [-0.39, 0.29) is 0 Å². The second-order valence-electron chi connectivity index (χ2n) is 11.0. The standard InChI is InChI=1S/C39H24N2S/c40-39(24-9-2-1-3-10-24)42-37-22-28-19-27-17-18-29(23-33(27)31-14-8-15-32(37)38(28)31)41-35-16-7-6-13-30(35)34-20-25-11-4-5-12-26(25)21-36(34)41/h1-23,40H. The fourth-order valence-corrected chi connectivity index (χ4v) is 7.62. The number of benzene rings is 7. The maximum absolute atomic E-state index is 8.75. The molecule has 0 spiro atoms. The summed E-state index contributed by atoms with van der Waals surface area (Å²) in [6.07, 6.45) is 2.26. The van der Waals surface area contributed by atoms with Gasteiger partial charge in [0.1, 0.15) is 0 Å². The summed E-state index contributed by atoms with van der Waals surface area (Å²) in [4.78, 5) is 1.13. The summed E-state index contributed by atoms with van der Waals surface area (Å²) in [5, 5.41) is 19.4. The van der Waals surface area contributed by atoms with Crippen LogP contribution in [-0.4, -0.2) is 9.61 Å². The van der Waals surface area contributed by atoms with Crippen LogP contribution in [0.15, 0.2) is 133 Å². The monoisotopic (exact) mass is 552 g/mol. The smallest absolute Gasteiger partial charge is 0.0990 e. The molecule has 0 amide bonds. The highest BCUT2D eigenvalue weighted by atomic mass is 32.2. The van der Waals surface area contributed by atoms with Crippen molar-refractivity contribution in [1.29, 1.82) is 5.41 Å². The lowest BCUT2D eigenvalue weighted by molar-refractivity contribution is 1.19. The summed E-state index contributed by atoms with van der Waals surface area (Å²) < 4.78 is 2.42. The van der Waals surface area contributed by atoms with E-state index in [0.717, 1.165) is 16.2 Å². The van der Waals surface area contributed by atoms with Crippen LogP contribution in [0.25, 0.3) is 70.8 Å². The van der Waals surface area contributed by atoms with Gasteiger partial charge in [0, 0.05) is 26.9 Å². The van der Waals surface area contributed by atoms with Crippen molar-refractivity contribution in [2.45, 2.75) is 0 Å². The number of nitrogens with one attached hydrogen (secondary N) is 1. The van der Waals surface area contributed by atoms with E-state index >= 15 is 0 Å². The third kappa shape index (κ3) is 3.44. The molecule has 8 aromatic rings. The van der Waals surface area contributed by atoms with Crippen LogP contribution >= 0.6 is 11.8 Å². The minimum atomic E-state index is 0.567. The van der Waals surface area contributed by atoms with Gasteiger partial charge in [-0.05, 0) is 85.9 Å². The molecule has 0 unspecified atom stereocenters. The SMILES string of the molecule is N=C(SC1=Cc2cc3ccc(-n4c5ccccc5c5cc6ccccc6cc54)cc3c3cccc1c23)c1ccccc1. The highest BCUT2D eigenvalue weighted by Gasteiger charge is 2.21. The molecular formula is C39H24N2S. The molecule has 9 rings (SSSR count). The Labute approximate surface area is 247 Å². The third-order valence-corrected chi connectivity index (χ3v) is 9.59. The maximum Gasteiger partial charge on any atom is 0.0990 e. The highest BCUT2D eigenvalue weighted by Crippen LogP contribution is 2.46. The Hall–Kier alpha value is -5.12. The number of fused-ring (bicyclic) bond motifs is 6. The van der Waals surface area contributed by atoms with Gasteiger partial charge in [0.05, 0.1) is 16.1 Å². The largest absolute Gasteiger partial charge is 0.309 e. The van der Waals surface area contributed by atoms with Gasteiger partial charge in [-0.15, -0.1) is 0 Å². The van der Waals surface area contributed by atoms with Crippen LogP contribution in [0.4, 0.5) is 0 Å². The Morgan fingerprint density at radius 3 is 2.19 bits per heavy atom. The van der Waals surface area contributed by atoms with Crippen LogP contribution in [0.1, 0.15) is 16.7 Å². The summed E-state index contributed by atoms with van der Waals surface area (Å²) in [6.45, 7) is 0. The van der Waals surface area contributed by atoms with Gasteiger partial charge in [0.2, 0.25) is 0 Å². The van der Waals surface area contributed by atoms with Crippen LogP contribution in [0.2, 0.25) is 0 Å². The zero-order valence-electron chi connectivity index (χ0n) is 22.6. The van der Waals surface area contributed by atoms with Crippen molar-refractivity contribution in [2.24, 2.45) is 0 Å². The summed E-state index contributed by atoms with van der Waals surface area (Å²) in [5.74, 6) is 0. The van der Waals surface area contributed by atoms with Crippen molar-refractivity contribution < 1.29 is 0 Å². The maximum atomic E-state index is 8.75. The second kappa shape index (κ2) is 8.94. The van der Waals surface area contributed by atoms with Crippen LogP contribution in [0, 0.1) is 5.41 Å². The molecule has 0 bridgehead atoms. The molecular weight excluding hydrogens is 529 g/mol. The summed E-state index contributed by atoms with van der Waals surface area (Å²) in [6, 6.07) is 47.8. The lowest BCUT2D eigenvalue weighted by atomic mass is 9.97. The molecule has 0 saturated carbocycles. The quantitative estimate of drug-likeness (QED) is 0.132. The Kier molecular flexibility index (Phi) is 5.02. The average molecular weight is 553 g/mol. The Morgan fingerprint density at radius 1 is 0.548 bits per heavy atom. The molecule has 0 fully saturated rings. The van der Waals surface area contributed by atoms with Crippen molar-refractivity contribution in [3.05, 3.63) is 150 Å². The Balaban J connectivity index is 1.24. The van der Waals surface area contributed by atoms with Crippen molar-refractivity contribution in [1.82, 2.24) is 4.57 Å². The van der Waals surface area contributed by atoms with E-state index in [1.54, 1.807) is 11.8 Å². The van der Waals surface area contributed by atoms with Crippen LogP contribution < -0.4 is 0 Å². The van der Waals surface area contributed by atoms with E-state index in [4.69, 9.17) is 5.41 Å². The molecule has 1 N–H and O–H groups in total. The van der Waals surface area contributed by atoms with Crippen LogP contribution in [0.3, 0.4) is 0 Å². The van der Waals surface area contributed by atoms with Crippen molar-refractivity contribution in [3.8, 4) is 5.69 Å². The molecule has 0 radical (unpaired) electrons. The van der Waals surface area contributed by atoms with E-state index in [0.29, 0.717) is 5.04 Å². The predicted octanol–water partition coefficient (Wildman–Crippen LogP) is 10.8. The zero-order valence-corrected chi connectivity index (χ0v) is 23.5. The Bertz CT molecular complexity index is 2450. The molecule has 3 heteroatoms. The normalized spacial score (nSPS) is 12.6. The number of nitrogens with zero attached hydrogens (tertiary/aromatic N) is 1. The van der Waals surface area contributed by atoms with Gasteiger partial charge < -0.3 is 4.57 Å². The van der Waals surface area contributed by atoms with Crippen LogP contribution in [0.5, 0.6) is 0 Å². The first kappa shape index (κ1) is 23.6. The molecule has 1 heterocycles. The number of rotatable bonds is 3. The Morgan fingerprint density at radius 2 is 1.31 bits per heavy atom. The second-order valence-corrected chi connectivity index (χ2v) is 12.0. The molecule has 7 aromatic carbocycles. The molecule has 1 aliphatic carbocycles. The fourth-order valence-electron chi connectivity index (χ4n) is 6.68. The highest BCUT2D eigenvalue weighted by molar-refractivity contribution is 8.22. The average Bonchev–Trinajstić information content (AvgIpc) is 3.55. The lowest BCUT2D eigenvalue weighted by Crippen LogP contribution is -1.94. The van der Waals surface area contributed by atoms with Gasteiger partial charge in [0.25, 0.3) is 0 Å². The van der Waals surface area contributed by atoms with Gasteiger partial charge >= 0.3 is 0 Å². The number of aromatic nitrogens is 1. The van der Waals surface area contributed by atoms with Crippen LogP contribution in [-0.2, 0) is 0 Å². The minimum Gasteiger partial charge on any atom is -0.309 e. The van der Waals surface area contributed by atoms with E-state index in [1.165, 1.54) is 65.3 Å². The first-order valence-electron chi connectivity index (χ1n) is 14.2. The molecule has 0 aliphatic heterocycles. The van der Waals surface area contributed by atoms with E-state index in [9.17, 15) is 0 Å². The molecule has 2 nitrogen and oxygen atoms in total. The first-order chi connectivity index (χ1) is 20.7. The summed E-state index contributed by atoms with van der Waals surface area (Å²) in [7, 11) is 0. The summed E-state index contributed by atoms with van der Waals surface area (Å²) >= 11 is 1.54. The lowest BCUT2D eigenvalue weighted by Gasteiger charge is -2.13. The fraction of sp³-hybridized carbons (Fsp3) is 0. The van der Waals surface area contributed by atoms with Gasteiger partial charge in [-0.3, -0.25) is 5.41 Å². The van der Waals surface area contributed by atoms with Gasteiger partial charge in [0.15, 0.2) is 0 Å². The molecule has 196 valence electrons. The van der Waals surface area contributed by atoms with Crippen molar-refractivity contribution in [3.63, 3.8) is 0 Å². The van der Waals surface area contributed by atoms with Gasteiger partial charge in [-0.2, -0.15) is 0 Å². The number of hydrogen-bond acceptors (Lipinski definition) is 2. The predicted molar refractivity (Wildman–Crippen MR) is 182 cm³/mol. The zero-order chi connectivity index (χ0) is 27.8. The van der Waals surface area contributed by atoms with Crippen molar-refractivity contribution in [2.75, 3.05) is 0 Å². The van der Waals surface area contributed by atoms with Crippen molar-refractivity contribution >= 4 is 81.9 Å². The van der Waals surface area contributed by atoms with Gasteiger partial charge in [-0.25, -0.2) is 0 Å². The van der Waals surface area contributed by atoms with E-state index in [1.807, 2.05) is 30.3 Å². The molecule has 42 heavy (non-hydrogen) atoms. The summed E-state index contributed by atoms with van der Waals surface area (Å²) in [5.41, 5.74) is 6.99. The van der Waals surface area contributed by atoms with E-state index < -0.39 is 0 Å². The number of thioether (sulfide) groups is 1. The first-order valence-corrected chi connectivity index (χ1v) is 15.0. The molecule has 0 atom stereocenters. The van der Waals surface area contributed by atoms with Gasteiger partial charge in [-0.1, -0.05) is 109 Å². The molecule has 1 aliphatic rings. The minimum absolute atomic E-state index is 0.567. The third-order valence-electron chi connectivity index (χ3n) is 8.59. The van der Waals surface area contributed by atoms with E-state index in [2.05, 4.69) is 114 Å². The molecule has 1 aromatic heterocycles. The number of hydrogen-bond donors (Lipinski definition) is 1. The molecule has 0 saturated heterocycles. The topological polar surface area (TPSA) is 28.8 Å².